The molecule has 34 heavy (non-hydrogen) atoms. The van der Waals surface area contributed by atoms with Crippen molar-refractivity contribution in [1.29, 1.82) is 0 Å². The van der Waals surface area contributed by atoms with Crippen LogP contribution in [0.25, 0.3) is 0 Å². The van der Waals surface area contributed by atoms with Gasteiger partial charge < -0.3 is 19.7 Å². The van der Waals surface area contributed by atoms with E-state index in [0.29, 0.717) is 30.0 Å². The van der Waals surface area contributed by atoms with Gasteiger partial charge in [-0.25, -0.2) is 4.79 Å². The molecule has 2 fully saturated rings. The fourth-order valence-electron chi connectivity index (χ4n) is 4.61. The van der Waals surface area contributed by atoms with E-state index in [0.717, 1.165) is 42.9 Å². The zero-order chi connectivity index (χ0) is 23.7. The van der Waals surface area contributed by atoms with Crippen LogP contribution in [0, 0.1) is 0 Å². The Hall–Kier alpha value is -2.95. The number of carbonyl (C=O) groups is 3. The second-order valence-electron chi connectivity index (χ2n) is 8.60. The molecule has 2 aromatic rings. The highest BCUT2D eigenvalue weighted by Crippen LogP contribution is 2.33. The third-order valence-electron chi connectivity index (χ3n) is 6.44. The summed E-state index contributed by atoms with van der Waals surface area (Å²) in [6.07, 6.45) is 0. The lowest BCUT2D eigenvalue weighted by Gasteiger charge is -2.31. The molecule has 5 rings (SSSR count). The molecule has 2 N–H and O–H groups in total. The van der Waals surface area contributed by atoms with Gasteiger partial charge in [-0.3, -0.25) is 19.8 Å². The summed E-state index contributed by atoms with van der Waals surface area (Å²) in [6, 6.07) is 12.0. The molecule has 0 spiro atoms. The van der Waals surface area contributed by atoms with E-state index in [-0.39, 0.29) is 12.5 Å². The van der Waals surface area contributed by atoms with E-state index in [1.54, 1.807) is 41.3 Å². The van der Waals surface area contributed by atoms with E-state index in [4.69, 9.17) is 9.47 Å². The first-order valence-corrected chi connectivity index (χ1v) is 12.0. The van der Waals surface area contributed by atoms with Crippen molar-refractivity contribution in [3.05, 3.63) is 63.6 Å². The summed E-state index contributed by atoms with van der Waals surface area (Å²) in [5, 5.41) is 5.07. The summed E-state index contributed by atoms with van der Waals surface area (Å²) in [5.41, 5.74) is 0.670. The summed E-state index contributed by atoms with van der Waals surface area (Å²) < 4.78 is 12.1. The lowest BCUT2D eigenvalue weighted by Crippen LogP contribution is -2.52. The minimum atomic E-state index is -1.35. The van der Waals surface area contributed by atoms with E-state index in [9.17, 15) is 14.4 Å². The second kappa shape index (κ2) is 9.36. The Labute approximate surface area is 205 Å². The van der Waals surface area contributed by atoms with Gasteiger partial charge >= 0.3 is 6.03 Å². The van der Waals surface area contributed by atoms with Crippen molar-refractivity contribution in [1.82, 2.24) is 20.4 Å². The molecule has 2 saturated heterocycles. The van der Waals surface area contributed by atoms with Crippen molar-refractivity contribution in [3.63, 3.8) is 0 Å². The van der Waals surface area contributed by atoms with E-state index >= 15 is 0 Å². The summed E-state index contributed by atoms with van der Waals surface area (Å²) in [6.45, 7) is 5.02. The van der Waals surface area contributed by atoms with Gasteiger partial charge in [0.05, 0.1) is 19.8 Å². The van der Waals surface area contributed by atoms with Gasteiger partial charge in [-0.1, -0.05) is 28.1 Å². The van der Waals surface area contributed by atoms with E-state index < -0.39 is 17.5 Å². The molecule has 3 heterocycles. The van der Waals surface area contributed by atoms with Crippen molar-refractivity contribution in [2.75, 3.05) is 46.0 Å². The number of amides is 4. The second-order valence-corrected chi connectivity index (χ2v) is 9.52. The van der Waals surface area contributed by atoms with Gasteiger partial charge in [-0.05, 0) is 41.5 Å². The summed E-state index contributed by atoms with van der Waals surface area (Å²) in [5.74, 6) is 0.0483. The average Bonchev–Trinajstić information content (AvgIpc) is 3.30. The SMILES string of the molecule is O=C1NC(=O)[C@](CN2Cc3cc(OCCN4CCOCC4)ccc3C2=O)(c2ccc(Br)cc2)N1. The van der Waals surface area contributed by atoms with Gasteiger partial charge in [0.2, 0.25) is 0 Å². The zero-order valence-electron chi connectivity index (χ0n) is 18.5. The van der Waals surface area contributed by atoms with Crippen molar-refractivity contribution < 1.29 is 23.9 Å². The van der Waals surface area contributed by atoms with Crippen LogP contribution in [0.15, 0.2) is 46.9 Å². The summed E-state index contributed by atoms with van der Waals surface area (Å²) >= 11 is 3.39. The molecular weight excluding hydrogens is 504 g/mol. The van der Waals surface area contributed by atoms with Crippen LogP contribution in [0.5, 0.6) is 5.75 Å². The number of imide groups is 1. The van der Waals surface area contributed by atoms with Crippen LogP contribution in [0.1, 0.15) is 21.5 Å². The Morgan fingerprint density at radius 2 is 1.82 bits per heavy atom. The standard InChI is InChI=1S/C24H25BrN4O5/c25-18-3-1-17(2-4-18)24(22(31)26-23(32)27-24)15-29-14-16-13-19(5-6-20(16)21(29)30)34-12-9-28-7-10-33-11-8-28/h1-6,13H,7-12,14-15H2,(H2,26,27,31,32)/t24-/m0/s1. The molecule has 178 valence electrons. The molecule has 1 atom stereocenters. The number of halogens is 1. The third-order valence-corrected chi connectivity index (χ3v) is 6.97. The number of urea groups is 1. The fraction of sp³-hybridized carbons (Fsp3) is 0.375. The Kier molecular flexibility index (Phi) is 6.28. The molecule has 10 heteroatoms. The maximum Gasteiger partial charge on any atom is 0.322 e. The van der Waals surface area contributed by atoms with Crippen molar-refractivity contribution in [2.45, 2.75) is 12.1 Å². The Morgan fingerprint density at radius 1 is 1.06 bits per heavy atom. The van der Waals surface area contributed by atoms with Gasteiger partial charge in [-0.2, -0.15) is 0 Å². The number of nitrogens with zero attached hydrogens (tertiary/aromatic N) is 2. The van der Waals surface area contributed by atoms with Crippen LogP contribution in [0.3, 0.4) is 0 Å². The largest absolute Gasteiger partial charge is 0.492 e. The van der Waals surface area contributed by atoms with Crippen LogP contribution in [-0.4, -0.2) is 73.6 Å². The van der Waals surface area contributed by atoms with E-state index in [1.807, 2.05) is 6.07 Å². The molecule has 0 aliphatic carbocycles. The van der Waals surface area contributed by atoms with Gasteiger partial charge in [0.25, 0.3) is 11.8 Å². The predicted octanol–water partition coefficient (Wildman–Crippen LogP) is 1.85. The number of morpholine rings is 1. The van der Waals surface area contributed by atoms with Gasteiger partial charge in [0.15, 0.2) is 5.54 Å². The maximum atomic E-state index is 13.1. The van der Waals surface area contributed by atoms with Crippen LogP contribution in [0.4, 0.5) is 4.79 Å². The van der Waals surface area contributed by atoms with Crippen LogP contribution in [0.2, 0.25) is 0 Å². The molecule has 0 saturated carbocycles. The molecule has 0 unspecified atom stereocenters. The number of nitrogens with one attached hydrogen (secondary N) is 2. The molecule has 0 radical (unpaired) electrons. The number of benzene rings is 2. The Balaban J connectivity index is 1.30. The first kappa shape index (κ1) is 22.8. The Bertz CT molecular complexity index is 1120. The number of carbonyl (C=O) groups excluding carboxylic acids is 3. The molecule has 2 aromatic carbocycles. The number of ether oxygens (including phenoxy) is 2. The summed E-state index contributed by atoms with van der Waals surface area (Å²) in [7, 11) is 0. The molecule has 0 aromatic heterocycles. The molecule has 4 amide bonds. The Morgan fingerprint density at radius 3 is 2.53 bits per heavy atom. The average molecular weight is 529 g/mol. The van der Waals surface area contributed by atoms with Crippen molar-refractivity contribution >= 4 is 33.8 Å². The summed E-state index contributed by atoms with van der Waals surface area (Å²) in [4.78, 5) is 42.0. The number of fused-ring (bicyclic) bond motifs is 1. The monoisotopic (exact) mass is 528 g/mol. The number of hydrogen-bond acceptors (Lipinski definition) is 6. The highest BCUT2D eigenvalue weighted by atomic mass is 79.9. The lowest BCUT2D eigenvalue weighted by molar-refractivity contribution is -0.124. The predicted molar refractivity (Wildman–Crippen MR) is 126 cm³/mol. The minimum absolute atomic E-state index is 0.0208. The molecule has 9 nitrogen and oxygen atoms in total. The fourth-order valence-corrected chi connectivity index (χ4v) is 4.87. The highest BCUT2D eigenvalue weighted by Gasteiger charge is 2.50. The molecular formula is C24H25BrN4O5. The van der Waals surface area contributed by atoms with Crippen LogP contribution < -0.4 is 15.4 Å². The first-order chi connectivity index (χ1) is 16.4. The normalized spacial score (nSPS) is 22.5. The minimum Gasteiger partial charge on any atom is -0.492 e. The molecule has 0 bridgehead atoms. The lowest BCUT2D eigenvalue weighted by atomic mass is 9.89. The zero-order valence-corrected chi connectivity index (χ0v) is 20.1. The van der Waals surface area contributed by atoms with Crippen LogP contribution >= 0.6 is 15.9 Å². The smallest absolute Gasteiger partial charge is 0.322 e. The van der Waals surface area contributed by atoms with Gasteiger partial charge in [0, 0.05) is 36.2 Å². The van der Waals surface area contributed by atoms with E-state index in [1.165, 1.54) is 0 Å². The van der Waals surface area contributed by atoms with Gasteiger partial charge in [-0.15, -0.1) is 0 Å². The highest BCUT2D eigenvalue weighted by molar-refractivity contribution is 9.10. The third kappa shape index (κ3) is 4.40. The molecule has 3 aliphatic rings. The quantitative estimate of drug-likeness (QED) is 0.532. The topological polar surface area (TPSA) is 100 Å². The van der Waals surface area contributed by atoms with Crippen molar-refractivity contribution in [2.24, 2.45) is 0 Å². The molecule has 3 aliphatic heterocycles. The number of hydrogen-bond donors (Lipinski definition) is 2. The van der Waals surface area contributed by atoms with E-state index in [2.05, 4.69) is 31.5 Å². The van der Waals surface area contributed by atoms with Crippen molar-refractivity contribution in [3.8, 4) is 5.75 Å². The first-order valence-electron chi connectivity index (χ1n) is 11.2. The maximum absolute atomic E-state index is 13.1. The van der Waals surface area contributed by atoms with Gasteiger partial charge in [0.1, 0.15) is 12.4 Å². The van der Waals surface area contributed by atoms with Crippen LogP contribution in [-0.2, 0) is 21.6 Å². The number of rotatable bonds is 7.